The number of amides is 2. The Hall–Kier alpha value is -5.77. The van der Waals surface area contributed by atoms with Gasteiger partial charge in [0, 0.05) is 80.5 Å². The monoisotopic (exact) mass is 807 g/mol. The zero-order valence-corrected chi connectivity index (χ0v) is 33.4. The van der Waals surface area contributed by atoms with Gasteiger partial charge in [-0.15, -0.1) is 0 Å². The first-order valence-corrected chi connectivity index (χ1v) is 19.7. The molecule has 56 heavy (non-hydrogen) atoms. The topological polar surface area (TPSA) is 187 Å². The first-order chi connectivity index (χ1) is 26.8. The molecule has 0 saturated heterocycles. The van der Waals surface area contributed by atoms with Crippen LogP contribution in [-0.2, 0) is 23.6 Å². The van der Waals surface area contributed by atoms with Crippen LogP contribution >= 0.6 is 23.2 Å². The fourth-order valence-corrected chi connectivity index (χ4v) is 7.41. The smallest absolute Gasteiger partial charge is 0.262 e. The van der Waals surface area contributed by atoms with Gasteiger partial charge in [0.25, 0.3) is 11.8 Å². The largest absolute Gasteiger partial charge is 0.368 e. The normalized spacial score (nSPS) is 14.1. The van der Waals surface area contributed by atoms with Gasteiger partial charge in [-0.1, -0.05) is 35.3 Å². The quantitative estimate of drug-likeness (QED) is 0.197. The molecule has 2 aliphatic heterocycles. The Balaban J connectivity index is 0.000000172. The van der Waals surface area contributed by atoms with Gasteiger partial charge >= 0.3 is 0 Å². The number of aryl methyl sites for hydroxylation is 4. The van der Waals surface area contributed by atoms with Crippen LogP contribution in [0.5, 0.6) is 0 Å². The van der Waals surface area contributed by atoms with Crippen LogP contribution in [0, 0.1) is 27.7 Å². The highest BCUT2D eigenvalue weighted by Crippen LogP contribution is 2.34. The highest BCUT2D eigenvalue weighted by atomic mass is 35.5. The second kappa shape index (κ2) is 15.8. The number of nitrogens with two attached hydrogens (primary N) is 1. The van der Waals surface area contributed by atoms with E-state index in [0.717, 1.165) is 44.8 Å². The minimum atomic E-state index is -1.30. The highest BCUT2D eigenvalue weighted by Gasteiger charge is 2.30. The van der Waals surface area contributed by atoms with Gasteiger partial charge in [-0.3, -0.25) is 33.6 Å². The third kappa shape index (κ3) is 7.70. The molecule has 0 bridgehead atoms. The van der Waals surface area contributed by atoms with Crippen LogP contribution in [0.25, 0.3) is 22.5 Å². The Bertz CT molecular complexity index is 2590. The molecule has 0 spiro atoms. The van der Waals surface area contributed by atoms with Crippen molar-refractivity contribution >= 4 is 63.4 Å². The van der Waals surface area contributed by atoms with E-state index in [9.17, 15) is 13.8 Å². The zero-order valence-electron chi connectivity index (χ0n) is 31.0. The van der Waals surface area contributed by atoms with Gasteiger partial charge in [0.1, 0.15) is 11.6 Å². The minimum absolute atomic E-state index is 0.169. The van der Waals surface area contributed by atoms with Gasteiger partial charge in [-0.05, 0) is 62.1 Å². The minimum Gasteiger partial charge on any atom is -0.368 e. The van der Waals surface area contributed by atoms with Crippen molar-refractivity contribution in [3.8, 4) is 22.5 Å². The van der Waals surface area contributed by atoms with E-state index in [2.05, 4.69) is 39.9 Å². The lowest BCUT2D eigenvalue weighted by Crippen LogP contribution is -2.39. The molecule has 0 aliphatic carbocycles. The van der Waals surface area contributed by atoms with Crippen molar-refractivity contribution in [1.29, 1.82) is 0 Å². The number of anilines is 3. The van der Waals surface area contributed by atoms with Crippen molar-refractivity contribution in [1.82, 2.24) is 39.9 Å². The van der Waals surface area contributed by atoms with Crippen molar-refractivity contribution in [2.24, 2.45) is 0 Å². The maximum atomic E-state index is 13.0. The Kier molecular flexibility index (Phi) is 10.8. The van der Waals surface area contributed by atoms with Gasteiger partial charge in [-0.2, -0.15) is 0 Å². The molecular formula is C39H35Cl2N11O3S. The number of aromatic nitrogens is 8. The van der Waals surface area contributed by atoms with E-state index < -0.39 is 10.8 Å². The molecule has 0 aromatic carbocycles. The number of rotatable bonds is 5. The molecule has 0 fully saturated rings. The molecule has 8 heterocycles. The lowest BCUT2D eigenvalue weighted by Gasteiger charge is -2.27. The second-order valence-electron chi connectivity index (χ2n) is 13.4. The van der Waals surface area contributed by atoms with E-state index in [4.69, 9.17) is 28.9 Å². The number of nitrogen functional groups attached to an aromatic ring is 1. The van der Waals surface area contributed by atoms with E-state index in [1.165, 1.54) is 24.8 Å². The average Bonchev–Trinajstić information content (AvgIpc) is 3.16. The summed E-state index contributed by atoms with van der Waals surface area (Å²) >= 11 is 12.8. The first kappa shape index (κ1) is 38.5. The maximum Gasteiger partial charge on any atom is 0.262 e. The van der Waals surface area contributed by atoms with Crippen LogP contribution in [0.3, 0.4) is 0 Å². The molecule has 0 radical (unpaired) electrons. The standard InChI is InChI=1S/C20H18ClN5O2S.C19H17ClN6O/c1-11-6-12(2)18(23-8-11)13-7-17(22-10-15(13)21)26-5-4-16-14(19(26)27)9-24-20(25-16)29(3)28;1-10-5-11(2)17(23-7-10)12-6-16(22-9-14(12)20)26-4-3-15-13(18(26)27)8-24-19(21)25-15/h6-10H,4-5H2,1-3H3;5-9H,3-4H2,1-2H3,(H2,21,24,25). The summed E-state index contributed by atoms with van der Waals surface area (Å²) in [5.74, 6) is 0.732. The van der Waals surface area contributed by atoms with Gasteiger partial charge in [0.15, 0.2) is 0 Å². The Morgan fingerprint density at radius 1 is 0.607 bits per heavy atom. The van der Waals surface area contributed by atoms with Gasteiger partial charge in [0.2, 0.25) is 11.1 Å². The number of pyridine rings is 4. The molecular weight excluding hydrogens is 773 g/mol. The Labute approximate surface area is 335 Å². The SMILES string of the molecule is Cc1cnc(-c2cc(N3CCc4nc(N)ncc4C3=O)ncc2Cl)c(C)c1.Cc1cnc(-c2cc(N3CCc4nc(S(C)=O)ncc4C3=O)ncc2Cl)c(C)c1. The van der Waals surface area contributed by atoms with E-state index in [0.29, 0.717) is 70.1 Å². The summed E-state index contributed by atoms with van der Waals surface area (Å²) in [4.78, 5) is 63.3. The van der Waals surface area contributed by atoms with Crippen molar-refractivity contribution in [2.45, 2.75) is 45.7 Å². The summed E-state index contributed by atoms with van der Waals surface area (Å²) in [6.07, 6.45) is 12.2. The molecule has 2 aliphatic rings. The Morgan fingerprint density at radius 2 is 1.07 bits per heavy atom. The Morgan fingerprint density at radius 3 is 1.54 bits per heavy atom. The molecule has 6 aromatic rings. The van der Waals surface area contributed by atoms with E-state index in [1.807, 2.05) is 39.8 Å². The molecule has 0 saturated carbocycles. The molecule has 2 amide bonds. The van der Waals surface area contributed by atoms with Crippen LogP contribution < -0.4 is 15.5 Å². The number of nitrogens with zero attached hydrogens (tertiary/aromatic N) is 10. The fraction of sp³-hybridized carbons (Fsp3) is 0.231. The lowest BCUT2D eigenvalue weighted by molar-refractivity contribution is 0.0970. The number of carbonyl (C=O) groups is 2. The summed E-state index contributed by atoms with van der Waals surface area (Å²) in [5.41, 5.74) is 14.9. The van der Waals surface area contributed by atoms with Crippen molar-refractivity contribution in [3.05, 3.63) is 116 Å². The fourth-order valence-electron chi connectivity index (χ4n) is 6.58. The van der Waals surface area contributed by atoms with Crippen LogP contribution in [0.15, 0.2) is 66.6 Å². The van der Waals surface area contributed by atoms with E-state index in [-0.39, 0.29) is 22.9 Å². The number of fused-ring (bicyclic) bond motifs is 2. The molecule has 6 aromatic heterocycles. The summed E-state index contributed by atoms with van der Waals surface area (Å²) in [5, 5.41) is 1.19. The summed E-state index contributed by atoms with van der Waals surface area (Å²) < 4.78 is 11.6. The van der Waals surface area contributed by atoms with Crippen LogP contribution in [0.2, 0.25) is 10.0 Å². The van der Waals surface area contributed by atoms with Crippen molar-refractivity contribution < 1.29 is 13.8 Å². The molecule has 2 N–H and O–H groups in total. The number of hydrogen-bond donors (Lipinski definition) is 1. The summed E-state index contributed by atoms with van der Waals surface area (Å²) in [7, 11) is -1.30. The van der Waals surface area contributed by atoms with Crippen molar-refractivity contribution in [3.63, 3.8) is 0 Å². The predicted octanol–water partition coefficient (Wildman–Crippen LogP) is 6.13. The van der Waals surface area contributed by atoms with Gasteiger partial charge in [0.05, 0.1) is 54.7 Å². The molecule has 284 valence electrons. The predicted molar refractivity (Wildman–Crippen MR) is 215 cm³/mol. The van der Waals surface area contributed by atoms with E-state index >= 15 is 0 Å². The average molecular weight is 809 g/mol. The van der Waals surface area contributed by atoms with Crippen LogP contribution in [0.1, 0.15) is 54.4 Å². The highest BCUT2D eigenvalue weighted by molar-refractivity contribution is 7.84. The molecule has 14 nitrogen and oxygen atoms in total. The second-order valence-corrected chi connectivity index (χ2v) is 15.5. The molecule has 1 unspecified atom stereocenters. The van der Waals surface area contributed by atoms with Crippen LogP contribution in [0.4, 0.5) is 17.6 Å². The lowest BCUT2D eigenvalue weighted by atomic mass is 10.0. The van der Waals surface area contributed by atoms with Gasteiger partial charge < -0.3 is 5.73 Å². The zero-order chi connectivity index (χ0) is 39.8. The maximum absolute atomic E-state index is 13.0. The van der Waals surface area contributed by atoms with Crippen LogP contribution in [-0.4, -0.2) is 75.2 Å². The molecule has 1 atom stereocenters. The number of hydrogen-bond acceptors (Lipinski definition) is 12. The third-order valence-electron chi connectivity index (χ3n) is 9.26. The summed E-state index contributed by atoms with van der Waals surface area (Å²) in [6, 6.07) is 7.66. The number of carbonyl (C=O) groups excluding carboxylic acids is 2. The third-order valence-corrected chi connectivity index (χ3v) is 10.6. The number of halogens is 2. The van der Waals surface area contributed by atoms with Gasteiger partial charge in [-0.25, -0.2) is 29.9 Å². The first-order valence-electron chi connectivity index (χ1n) is 17.4. The molecule has 17 heteroatoms. The van der Waals surface area contributed by atoms with E-state index in [1.54, 1.807) is 40.5 Å². The summed E-state index contributed by atoms with van der Waals surface area (Å²) in [6.45, 7) is 8.79. The van der Waals surface area contributed by atoms with Crippen molar-refractivity contribution in [2.75, 3.05) is 34.9 Å². The molecule has 8 rings (SSSR count).